The van der Waals surface area contributed by atoms with Gasteiger partial charge in [0.15, 0.2) is 0 Å². The number of nitrogens with one attached hydrogen (secondary N) is 1. The second-order valence-corrected chi connectivity index (χ2v) is 6.21. The van der Waals surface area contributed by atoms with Crippen molar-refractivity contribution in [2.75, 3.05) is 25.2 Å². The Morgan fingerprint density at radius 3 is 3.06 bits per heavy atom. The first-order valence-electron chi connectivity index (χ1n) is 4.91. The second-order valence-electron chi connectivity index (χ2n) is 3.56. The van der Waals surface area contributed by atoms with Crippen LogP contribution in [0.4, 0.5) is 5.82 Å². The summed E-state index contributed by atoms with van der Waals surface area (Å²) in [6, 6.07) is 1.44. The van der Waals surface area contributed by atoms with Crippen LogP contribution in [0.5, 0.6) is 0 Å². The van der Waals surface area contributed by atoms with Crippen LogP contribution in [0.15, 0.2) is 21.6 Å². The van der Waals surface area contributed by atoms with E-state index >= 15 is 0 Å². The molecule has 0 amide bonds. The van der Waals surface area contributed by atoms with Gasteiger partial charge in [-0.1, -0.05) is 0 Å². The van der Waals surface area contributed by atoms with Gasteiger partial charge in [0.25, 0.3) is 0 Å². The van der Waals surface area contributed by atoms with Gasteiger partial charge in [-0.15, -0.1) is 0 Å². The molecule has 98 valence electrons. The predicted octanol–water partition coefficient (Wildman–Crippen LogP) is 0.0729. The number of ether oxygens (including phenoxy) is 1. The Morgan fingerprint density at radius 2 is 2.39 bits per heavy atom. The largest absolute Gasteiger partial charge is 0.468 e. The van der Waals surface area contributed by atoms with Crippen molar-refractivity contribution in [3.8, 4) is 0 Å². The summed E-state index contributed by atoms with van der Waals surface area (Å²) in [7, 11) is -2.31. The highest BCUT2D eigenvalue weighted by Gasteiger charge is 2.30. The minimum absolute atomic E-state index is 0.0148. The third-order valence-electron chi connectivity index (χ3n) is 2.38. The Labute approximate surface area is 112 Å². The summed E-state index contributed by atoms with van der Waals surface area (Å²) in [5, 5.41) is 0. The van der Waals surface area contributed by atoms with Crippen molar-refractivity contribution >= 4 is 37.7 Å². The zero-order chi connectivity index (χ0) is 13.3. The molecule has 0 fully saturated rings. The summed E-state index contributed by atoms with van der Waals surface area (Å²) in [6.07, 6.45) is 1.48. The normalized spacial score (nSPS) is 17.1. The number of methoxy groups -OCH3 is 1. The average Bonchev–Trinajstić information content (AvgIpc) is 2.33. The standard InChI is InChI=1S/C9H10BrN3O4S/c1-17-8(14)4-13-5-12-18(15,16)7-2-6(10)3-11-9(7)13/h2-3,12H,4-5H2,1H3. The second kappa shape index (κ2) is 4.82. The zero-order valence-corrected chi connectivity index (χ0v) is 11.8. The van der Waals surface area contributed by atoms with Gasteiger partial charge in [-0.3, -0.25) is 4.79 Å². The number of pyridine rings is 1. The third kappa shape index (κ3) is 2.47. The fourth-order valence-electron chi connectivity index (χ4n) is 1.52. The van der Waals surface area contributed by atoms with Crippen molar-refractivity contribution in [2.45, 2.75) is 4.90 Å². The molecule has 0 unspecified atom stereocenters. The van der Waals surface area contributed by atoms with Crippen LogP contribution in [0.1, 0.15) is 0 Å². The molecule has 0 saturated heterocycles. The molecule has 1 aromatic rings. The van der Waals surface area contributed by atoms with E-state index in [2.05, 4.69) is 30.4 Å². The number of sulfonamides is 1. The Morgan fingerprint density at radius 1 is 1.67 bits per heavy atom. The first-order valence-corrected chi connectivity index (χ1v) is 7.18. The van der Waals surface area contributed by atoms with E-state index in [9.17, 15) is 13.2 Å². The summed E-state index contributed by atoms with van der Waals surface area (Å²) in [5.74, 6) is -0.228. The smallest absolute Gasteiger partial charge is 0.325 e. The summed E-state index contributed by atoms with van der Waals surface area (Å²) in [5.41, 5.74) is 0. The molecule has 1 N–H and O–H groups in total. The fourth-order valence-corrected chi connectivity index (χ4v) is 3.18. The third-order valence-corrected chi connectivity index (χ3v) is 4.20. The molecule has 0 saturated carbocycles. The van der Waals surface area contributed by atoms with Crippen molar-refractivity contribution in [3.05, 3.63) is 16.7 Å². The minimum Gasteiger partial charge on any atom is -0.468 e. The van der Waals surface area contributed by atoms with Gasteiger partial charge in [0, 0.05) is 10.7 Å². The van der Waals surface area contributed by atoms with Crippen LogP contribution in [0.2, 0.25) is 0 Å². The van der Waals surface area contributed by atoms with Gasteiger partial charge in [0.1, 0.15) is 17.3 Å². The van der Waals surface area contributed by atoms with Crippen molar-refractivity contribution < 1.29 is 17.9 Å². The summed E-state index contributed by atoms with van der Waals surface area (Å²) in [4.78, 5) is 16.8. The van der Waals surface area contributed by atoms with Gasteiger partial charge in [-0.25, -0.2) is 13.4 Å². The number of nitrogens with zero attached hydrogens (tertiary/aromatic N) is 2. The Bertz CT molecular complexity index is 589. The summed E-state index contributed by atoms with van der Waals surface area (Å²) < 4.78 is 31.1. The first kappa shape index (κ1) is 13.2. The quantitative estimate of drug-likeness (QED) is 0.769. The maximum absolute atomic E-state index is 11.8. The number of carbonyl (C=O) groups is 1. The molecule has 7 nitrogen and oxygen atoms in total. The van der Waals surface area contributed by atoms with E-state index < -0.39 is 16.0 Å². The molecule has 0 spiro atoms. The van der Waals surface area contributed by atoms with Crippen molar-refractivity contribution in [3.63, 3.8) is 0 Å². The van der Waals surface area contributed by atoms with Crippen LogP contribution >= 0.6 is 15.9 Å². The van der Waals surface area contributed by atoms with E-state index in [1.807, 2.05) is 0 Å². The number of aromatic nitrogens is 1. The highest BCUT2D eigenvalue weighted by atomic mass is 79.9. The van der Waals surface area contributed by atoms with Gasteiger partial charge >= 0.3 is 5.97 Å². The van der Waals surface area contributed by atoms with E-state index in [4.69, 9.17) is 0 Å². The van der Waals surface area contributed by atoms with Gasteiger partial charge in [0.05, 0.1) is 13.8 Å². The van der Waals surface area contributed by atoms with E-state index in [0.29, 0.717) is 4.47 Å². The van der Waals surface area contributed by atoms with Gasteiger partial charge in [-0.2, -0.15) is 4.72 Å². The topological polar surface area (TPSA) is 88.6 Å². The number of hydrogen-bond donors (Lipinski definition) is 1. The number of halogens is 1. The molecule has 9 heteroatoms. The molecule has 0 bridgehead atoms. The minimum atomic E-state index is -3.58. The Balaban J connectivity index is 2.44. The molecule has 0 aromatic carbocycles. The lowest BCUT2D eigenvalue weighted by molar-refractivity contribution is -0.139. The molecule has 1 aliphatic rings. The van der Waals surface area contributed by atoms with E-state index in [0.717, 1.165) is 0 Å². The molecule has 2 heterocycles. The molecular formula is C9H10BrN3O4S. The zero-order valence-electron chi connectivity index (χ0n) is 9.38. The lowest BCUT2D eigenvalue weighted by Crippen LogP contribution is -2.46. The molecular weight excluding hydrogens is 326 g/mol. The van der Waals surface area contributed by atoms with Gasteiger partial charge in [0.2, 0.25) is 10.0 Å². The average molecular weight is 336 g/mol. The maximum atomic E-state index is 11.8. The van der Waals surface area contributed by atoms with Crippen molar-refractivity contribution in [2.24, 2.45) is 0 Å². The maximum Gasteiger partial charge on any atom is 0.325 e. The van der Waals surface area contributed by atoms with E-state index in [1.165, 1.54) is 24.3 Å². The van der Waals surface area contributed by atoms with Crippen LogP contribution in [-0.4, -0.2) is 39.7 Å². The van der Waals surface area contributed by atoms with Gasteiger partial charge in [-0.05, 0) is 22.0 Å². The first-order chi connectivity index (χ1) is 8.44. The molecule has 0 aliphatic carbocycles. The number of carbonyl (C=O) groups excluding carboxylic acids is 1. The van der Waals surface area contributed by atoms with Crippen LogP contribution in [0.3, 0.4) is 0 Å². The van der Waals surface area contributed by atoms with Crippen LogP contribution in [-0.2, 0) is 19.6 Å². The monoisotopic (exact) mass is 335 g/mol. The van der Waals surface area contributed by atoms with Crippen molar-refractivity contribution in [1.82, 2.24) is 9.71 Å². The SMILES string of the molecule is COC(=O)CN1CNS(=O)(=O)c2cc(Br)cnc21. The number of hydrogen-bond acceptors (Lipinski definition) is 6. The summed E-state index contributed by atoms with van der Waals surface area (Å²) in [6.45, 7) is -0.0836. The van der Waals surface area contributed by atoms with Crippen molar-refractivity contribution in [1.29, 1.82) is 0 Å². The highest BCUT2D eigenvalue weighted by Crippen LogP contribution is 2.28. The van der Waals surface area contributed by atoms with Crippen LogP contribution in [0, 0.1) is 0 Å². The lowest BCUT2D eigenvalue weighted by atomic mass is 10.4. The fraction of sp³-hybridized carbons (Fsp3) is 0.333. The number of anilines is 1. The number of fused-ring (bicyclic) bond motifs is 1. The molecule has 1 aromatic heterocycles. The van der Waals surface area contributed by atoms with E-state index in [1.54, 1.807) is 0 Å². The predicted molar refractivity (Wildman–Crippen MR) is 66.5 cm³/mol. The summed E-state index contributed by atoms with van der Waals surface area (Å²) >= 11 is 3.16. The Hall–Kier alpha value is -1.19. The molecule has 18 heavy (non-hydrogen) atoms. The molecule has 0 radical (unpaired) electrons. The Kier molecular flexibility index (Phi) is 3.55. The van der Waals surface area contributed by atoms with Crippen LogP contribution in [0.25, 0.3) is 0 Å². The lowest BCUT2D eigenvalue weighted by Gasteiger charge is -2.29. The number of rotatable bonds is 2. The highest BCUT2D eigenvalue weighted by molar-refractivity contribution is 9.10. The number of esters is 1. The molecule has 2 rings (SSSR count). The molecule has 1 aliphatic heterocycles. The van der Waals surface area contributed by atoms with Crippen LogP contribution < -0.4 is 9.62 Å². The van der Waals surface area contributed by atoms with Gasteiger partial charge < -0.3 is 9.64 Å². The molecule has 0 atom stereocenters. The van der Waals surface area contributed by atoms with E-state index in [-0.39, 0.29) is 23.9 Å².